The van der Waals surface area contributed by atoms with Crippen LogP contribution in [0.25, 0.3) is 16.9 Å². The molecule has 2 aromatic heterocycles. The Morgan fingerprint density at radius 2 is 1.12 bits per heavy atom. The van der Waals surface area contributed by atoms with Crippen molar-refractivity contribution in [1.29, 1.82) is 0 Å². The van der Waals surface area contributed by atoms with Gasteiger partial charge in [0.15, 0.2) is 0 Å². The highest BCUT2D eigenvalue weighted by Crippen LogP contribution is 2.25. The fourth-order valence-electron chi connectivity index (χ4n) is 6.80. The number of pyridine rings is 1. The average Bonchev–Trinajstić information content (AvgIpc) is 3.90. The highest BCUT2D eigenvalue weighted by atomic mass is 16.2. The molecule has 4 heterocycles. The smallest absolute Gasteiger partial charge is 0.247 e. The molecular formula is C39H38N6O4. The fraction of sp³-hybridized carbons (Fsp3) is 0.256. The van der Waals surface area contributed by atoms with Gasteiger partial charge in [-0.3, -0.25) is 19.2 Å². The maximum atomic E-state index is 13.3. The predicted octanol–water partition coefficient (Wildman–Crippen LogP) is 5.35. The zero-order chi connectivity index (χ0) is 33.7. The monoisotopic (exact) mass is 654 g/mol. The Labute approximate surface area is 284 Å². The van der Waals surface area contributed by atoms with Gasteiger partial charge in [0, 0.05) is 36.7 Å². The molecule has 0 saturated carbocycles. The number of likely N-dealkylation sites (tertiary alicyclic amines) is 2. The van der Waals surface area contributed by atoms with Crippen LogP contribution in [0.2, 0.25) is 0 Å². The average molecular weight is 655 g/mol. The number of amides is 4. The molecule has 5 aromatic rings. The molecule has 4 amide bonds. The first-order chi connectivity index (χ1) is 23.9. The van der Waals surface area contributed by atoms with Gasteiger partial charge < -0.3 is 24.8 Å². The number of carbonyl (C=O) groups excluding carboxylic acids is 4. The number of hydrogen-bond acceptors (Lipinski definition) is 5. The van der Waals surface area contributed by atoms with E-state index < -0.39 is 12.1 Å². The first-order valence-electron chi connectivity index (χ1n) is 16.8. The van der Waals surface area contributed by atoms with Crippen molar-refractivity contribution in [2.24, 2.45) is 0 Å². The summed E-state index contributed by atoms with van der Waals surface area (Å²) in [6.45, 7) is 1.15. The van der Waals surface area contributed by atoms with Crippen molar-refractivity contribution in [1.82, 2.24) is 19.2 Å². The Morgan fingerprint density at radius 1 is 0.612 bits per heavy atom. The van der Waals surface area contributed by atoms with Gasteiger partial charge in [-0.05, 0) is 61.1 Å². The van der Waals surface area contributed by atoms with E-state index in [0.29, 0.717) is 43.0 Å². The molecule has 10 heteroatoms. The van der Waals surface area contributed by atoms with Crippen molar-refractivity contribution in [3.63, 3.8) is 0 Å². The van der Waals surface area contributed by atoms with Gasteiger partial charge in [0.05, 0.1) is 24.2 Å². The van der Waals surface area contributed by atoms with Crippen LogP contribution in [-0.4, -0.2) is 68.0 Å². The Hall–Kier alpha value is -5.77. The lowest BCUT2D eigenvalue weighted by atomic mass is 10.1. The number of fused-ring (bicyclic) bond motifs is 1. The Balaban J connectivity index is 0.967. The van der Waals surface area contributed by atoms with Gasteiger partial charge in [-0.1, -0.05) is 72.8 Å². The molecule has 0 spiro atoms. The maximum absolute atomic E-state index is 13.3. The number of benzene rings is 3. The zero-order valence-electron chi connectivity index (χ0n) is 27.1. The minimum atomic E-state index is -0.504. The number of rotatable bonds is 9. The second-order valence-corrected chi connectivity index (χ2v) is 12.7. The maximum Gasteiger partial charge on any atom is 0.247 e. The van der Waals surface area contributed by atoms with E-state index in [1.807, 2.05) is 114 Å². The fourth-order valence-corrected chi connectivity index (χ4v) is 6.80. The van der Waals surface area contributed by atoms with E-state index in [0.717, 1.165) is 35.2 Å². The minimum Gasteiger partial charge on any atom is -0.330 e. The summed E-state index contributed by atoms with van der Waals surface area (Å²) < 4.78 is 1.86. The van der Waals surface area contributed by atoms with E-state index in [-0.39, 0.29) is 36.5 Å². The molecule has 0 aliphatic carbocycles. The molecule has 2 N–H and O–H groups in total. The Morgan fingerprint density at radius 3 is 1.67 bits per heavy atom. The second-order valence-electron chi connectivity index (χ2n) is 12.7. The third kappa shape index (κ3) is 7.23. The van der Waals surface area contributed by atoms with Gasteiger partial charge in [-0.15, -0.1) is 0 Å². The summed E-state index contributed by atoms with van der Waals surface area (Å²) in [7, 11) is 0. The summed E-state index contributed by atoms with van der Waals surface area (Å²) in [6.07, 6.45) is 7.11. The molecule has 2 atom stereocenters. The lowest BCUT2D eigenvalue weighted by molar-refractivity contribution is -0.136. The van der Waals surface area contributed by atoms with Crippen molar-refractivity contribution in [2.75, 3.05) is 23.7 Å². The Kier molecular flexibility index (Phi) is 9.19. The number of imidazole rings is 1. The van der Waals surface area contributed by atoms with Crippen LogP contribution in [0.4, 0.5) is 11.4 Å². The number of carbonyl (C=O) groups is 4. The van der Waals surface area contributed by atoms with Gasteiger partial charge in [0.25, 0.3) is 0 Å². The van der Waals surface area contributed by atoms with Gasteiger partial charge in [0.1, 0.15) is 17.7 Å². The van der Waals surface area contributed by atoms with Crippen LogP contribution in [0.1, 0.15) is 36.8 Å². The lowest BCUT2D eigenvalue weighted by Crippen LogP contribution is -2.43. The lowest BCUT2D eigenvalue weighted by Gasteiger charge is -2.24. The summed E-state index contributed by atoms with van der Waals surface area (Å²) >= 11 is 0. The molecule has 2 aliphatic heterocycles. The highest BCUT2D eigenvalue weighted by Gasteiger charge is 2.35. The van der Waals surface area contributed by atoms with Gasteiger partial charge in [0.2, 0.25) is 23.6 Å². The molecule has 248 valence electrons. The van der Waals surface area contributed by atoms with Gasteiger partial charge in [-0.25, -0.2) is 4.98 Å². The quantitative estimate of drug-likeness (QED) is 0.223. The van der Waals surface area contributed by atoms with Crippen LogP contribution >= 0.6 is 0 Å². The molecule has 2 saturated heterocycles. The molecule has 7 rings (SSSR count). The van der Waals surface area contributed by atoms with E-state index in [4.69, 9.17) is 4.98 Å². The molecule has 2 aliphatic rings. The molecule has 3 aromatic carbocycles. The third-order valence-electron chi connectivity index (χ3n) is 9.31. The van der Waals surface area contributed by atoms with E-state index in [9.17, 15) is 19.2 Å². The van der Waals surface area contributed by atoms with Gasteiger partial charge >= 0.3 is 0 Å². The summed E-state index contributed by atoms with van der Waals surface area (Å²) in [4.78, 5) is 60.6. The molecule has 0 radical (unpaired) electrons. The van der Waals surface area contributed by atoms with Crippen LogP contribution in [-0.2, 0) is 32.0 Å². The number of nitrogens with one attached hydrogen (secondary N) is 2. The molecule has 10 nitrogen and oxygen atoms in total. The van der Waals surface area contributed by atoms with E-state index in [1.165, 1.54) is 0 Å². The SMILES string of the molecule is O=C(Nc1ccc(-c2cn3cc(NC(=O)[C@@H]4CCCN4C(=O)Cc4ccccc4)ccc3n2)cc1)C1CCCN1C(=O)Cc1ccccc1. The van der Waals surface area contributed by atoms with E-state index in [2.05, 4.69) is 10.6 Å². The normalized spacial score (nSPS) is 17.3. The summed E-state index contributed by atoms with van der Waals surface area (Å²) in [6, 6.07) is 29.3. The van der Waals surface area contributed by atoms with E-state index in [1.54, 1.807) is 9.80 Å². The number of anilines is 2. The molecular weight excluding hydrogens is 616 g/mol. The van der Waals surface area contributed by atoms with Crippen molar-refractivity contribution in [2.45, 2.75) is 50.6 Å². The first kappa shape index (κ1) is 31.8. The first-order valence-corrected chi connectivity index (χ1v) is 16.8. The topological polar surface area (TPSA) is 116 Å². The van der Waals surface area contributed by atoms with Crippen molar-refractivity contribution in [3.05, 3.63) is 121 Å². The predicted molar refractivity (Wildman–Crippen MR) is 188 cm³/mol. The molecule has 2 fully saturated rings. The summed E-state index contributed by atoms with van der Waals surface area (Å²) in [5.41, 5.74) is 5.45. The largest absolute Gasteiger partial charge is 0.330 e. The Bertz CT molecular complexity index is 1980. The van der Waals surface area contributed by atoms with Crippen molar-refractivity contribution in [3.8, 4) is 11.3 Å². The van der Waals surface area contributed by atoms with Crippen LogP contribution in [0.3, 0.4) is 0 Å². The van der Waals surface area contributed by atoms with E-state index >= 15 is 0 Å². The van der Waals surface area contributed by atoms with Crippen LogP contribution < -0.4 is 10.6 Å². The van der Waals surface area contributed by atoms with Crippen LogP contribution in [0.15, 0.2) is 109 Å². The third-order valence-corrected chi connectivity index (χ3v) is 9.31. The number of aromatic nitrogens is 2. The molecule has 49 heavy (non-hydrogen) atoms. The van der Waals surface area contributed by atoms with Crippen LogP contribution in [0.5, 0.6) is 0 Å². The molecule has 0 bridgehead atoms. The number of nitrogens with zero attached hydrogens (tertiary/aromatic N) is 4. The minimum absolute atomic E-state index is 0.0387. The highest BCUT2D eigenvalue weighted by molar-refractivity contribution is 5.98. The summed E-state index contributed by atoms with van der Waals surface area (Å²) in [5, 5.41) is 5.98. The van der Waals surface area contributed by atoms with Gasteiger partial charge in [-0.2, -0.15) is 0 Å². The van der Waals surface area contributed by atoms with Crippen molar-refractivity contribution < 1.29 is 19.2 Å². The molecule has 1 unspecified atom stereocenters. The zero-order valence-corrected chi connectivity index (χ0v) is 27.1. The second kappa shape index (κ2) is 14.1. The summed E-state index contributed by atoms with van der Waals surface area (Å²) in [5.74, 6) is -0.463. The van der Waals surface area contributed by atoms with Crippen LogP contribution in [0, 0.1) is 0 Å². The standard InChI is InChI=1S/C39H38N6O4/c46-36(23-27-9-3-1-4-10-27)44-21-7-13-33(44)38(48)40-30-17-15-29(16-18-30)32-26-43-25-31(19-20-35(43)42-32)41-39(49)34-14-8-22-45(34)37(47)24-28-11-5-2-6-12-28/h1-6,9-12,15-20,25-26,33-34H,7-8,13-14,21-24H2,(H,40,48)(H,41,49)/t33?,34-/m0/s1. The van der Waals surface area contributed by atoms with Crippen molar-refractivity contribution >= 4 is 40.7 Å². The number of hydrogen-bond donors (Lipinski definition) is 2.